The van der Waals surface area contributed by atoms with E-state index in [-0.39, 0.29) is 12.1 Å². The first kappa shape index (κ1) is 18.2. The van der Waals surface area contributed by atoms with Gasteiger partial charge in [0.15, 0.2) is 0 Å². The minimum Gasteiger partial charge on any atom is -0.421 e. The zero-order valence-corrected chi connectivity index (χ0v) is 16.2. The molecule has 0 saturated carbocycles. The van der Waals surface area contributed by atoms with Gasteiger partial charge in [-0.1, -0.05) is 31.2 Å². The molecule has 1 aromatic heterocycles. The fraction of sp³-hybridized carbons (Fsp3) is 0.318. The number of carbonyl (C=O) groups is 1. The van der Waals surface area contributed by atoms with Crippen molar-refractivity contribution in [1.29, 1.82) is 0 Å². The van der Waals surface area contributed by atoms with E-state index in [0.717, 1.165) is 37.1 Å². The largest absolute Gasteiger partial charge is 0.421 e. The van der Waals surface area contributed by atoms with Crippen molar-refractivity contribution < 1.29 is 9.21 Å². The summed E-state index contributed by atoms with van der Waals surface area (Å²) in [4.78, 5) is 14.9. The van der Waals surface area contributed by atoms with Crippen molar-refractivity contribution in [3.05, 3.63) is 65.5 Å². The molecule has 1 heterocycles. The molecule has 1 aliphatic rings. The van der Waals surface area contributed by atoms with Crippen molar-refractivity contribution in [2.24, 2.45) is 0 Å². The van der Waals surface area contributed by atoms with Crippen LogP contribution in [0.1, 0.15) is 30.4 Å². The Bertz CT molecular complexity index is 940. The van der Waals surface area contributed by atoms with E-state index < -0.39 is 0 Å². The summed E-state index contributed by atoms with van der Waals surface area (Å²) in [6.07, 6.45) is 2.76. The van der Waals surface area contributed by atoms with Crippen LogP contribution in [-0.2, 0) is 12.8 Å². The van der Waals surface area contributed by atoms with Gasteiger partial charge in [0.05, 0.1) is 0 Å². The number of fused-ring (bicyclic) bond motifs is 1. The molecule has 4 rings (SSSR count). The van der Waals surface area contributed by atoms with Crippen LogP contribution in [0.2, 0.25) is 0 Å². The van der Waals surface area contributed by atoms with Gasteiger partial charge in [-0.05, 0) is 54.7 Å². The number of anilines is 1. The number of carbonyl (C=O) groups excluding carboxylic acids is 1. The lowest BCUT2D eigenvalue weighted by molar-refractivity contribution is 0.189. The Labute approximate surface area is 164 Å². The molecule has 6 nitrogen and oxygen atoms in total. The topological polar surface area (TPSA) is 71.3 Å². The normalized spacial score (nSPS) is 13.4. The molecule has 2 aromatic carbocycles. The zero-order chi connectivity index (χ0) is 19.5. The van der Waals surface area contributed by atoms with E-state index in [1.807, 2.05) is 29.2 Å². The fourth-order valence-electron chi connectivity index (χ4n) is 3.75. The number of urea groups is 1. The van der Waals surface area contributed by atoms with E-state index in [1.54, 1.807) is 6.92 Å². The molecule has 0 saturated heterocycles. The molecule has 6 heteroatoms. The highest BCUT2D eigenvalue weighted by molar-refractivity contribution is 5.90. The van der Waals surface area contributed by atoms with Crippen LogP contribution in [0.25, 0.3) is 11.5 Å². The molecule has 1 N–H and O–H groups in total. The number of benzene rings is 2. The summed E-state index contributed by atoms with van der Waals surface area (Å²) >= 11 is 0. The maximum Gasteiger partial charge on any atom is 0.322 e. The van der Waals surface area contributed by atoms with Crippen molar-refractivity contribution in [3.8, 4) is 11.5 Å². The number of hydrogen-bond donors (Lipinski definition) is 1. The first-order valence-corrected chi connectivity index (χ1v) is 9.69. The van der Waals surface area contributed by atoms with E-state index in [2.05, 4.69) is 46.7 Å². The molecule has 144 valence electrons. The molecule has 2 amide bonds. The van der Waals surface area contributed by atoms with Crippen LogP contribution in [0.5, 0.6) is 0 Å². The number of aryl methyl sites for hydroxylation is 1. The second-order valence-electron chi connectivity index (χ2n) is 7.16. The van der Waals surface area contributed by atoms with Gasteiger partial charge in [-0.25, -0.2) is 4.79 Å². The number of hydrogen-bond acceptors (Lipinski definition) is 4. The Hall–Kier alpha value is -3.15. The van der Waals surface area contributed by atoms with Crippen LogP contribution in [0.4, 0.5) is 10.5 Å². The zero-order valence-electron chi connectivity index (χ0n) is 16.2. The Balaban J connectivity index is 1.45. The van der Waals surface area contributed by atoms with E-state index in [4.69, 9.17) is 4.42 Å². The maximum atomic E-state index is 13.0. The summed E-state index contributed by atoms with van der Waals surface area (Å²) in [6, 6.07) is 16.1. The van der Waals surface area contributed by atoms with Gasteiger partial charge in [-0.2, -0.15) is 0 Å². The van der Waals surface area contributed by atoms with Crippen LogP contribution >= 0.6 is 0 Å². The minimum atomic E-state index is -0.0546. The molecule has 1 aliphatic carbocycles. The second-order valence-corrected chi connectivity index (χ2v) is 7.16. The Kier molecular flexibility index (Phi) is 5.10. The molecule has 0 unspecified atom stereocenters. The van der Waals surface area contributed by atoms with Gasteiger partial charge < -0.3 is 14.6 Å². The molecule has 0 atom stereocenters. The van der Waals surface area contributed by atoms with Crippen molar-refractivity contribution in [2.45, 2.75) is 39.2 Å². The highest BCUT2D eigenvalue weighted by Crippen LogP contribution is 2.26. The van der Waals surface area contributed by atoms with Crippen molar-refractivity contribution >= 4 is 11.7 Å². The minimum absolute atomic E-state index is 0.0546. The van der Waals surface area contributed by atoms with Crippen LogP contribution in [0.3, 0.4) is 0 Å². The number of nitrogens with one attached hydrogen (secondary N) is 1. The maximum absolute atomic E-state index is 13.0. The second kappa shape index (κ2) is 7.84. The van der Waals surface area contributed by atoms with E-state index >= 15 is 0 Å². The Morgan fingerprint density at radius 2 is 1.79 bits per heavy atom. The van der Waals surface area contributed by atoms with Gasteiger partial charge in [0.25, 0.3) is 0 Å². The van der Waals surface area contributed by atoms with Crippen molar-refractivity contribution in [2.75, 3.05) is 11.9 Å². The first-order valence-electron chi connectivity index (χ1n) is 9.69. The number of nitrogens with zero attached hydrogens (tertiary/aromatic N) is 3. The average molecular weight is 376 g/mol. The van der Waals surface area contributed by atoms with Gasteiger partial charge in [-0.15, -0.1) is 10.2 Å². The third kappa shape index (κ3) is 3.76. The van der Waals surface area contributed by atoms with Gasteiger partial charge >= 0.3 is 6.03 Å². The first-order chi connectivity index (χ1) is 13.6. The number of aromatic nitrogens is 2. The van der Waals surface area contributed by atoms with Crippen LogP contribution in [0.15, 0.2) is 52.9 Å². The van der Waals surface area contributed by atoms with Crippen LogP contribution in [0, 0.1) is 6.92 Å². The average Bonchev–Trinajstić information content (AvgIpc) is 3.32. The lowest BCUT2D eigenvalue weighted by atomic mass is 10.1. The van der Waals surface area contributed by atoms with E-state index in [1.165, 1.54) is 11.1 Å². The molecular weight excluding hydrogens is 352 g/mol. The summed E-state index contributed by atoms with van der Waals surface area (Å²) < 4.78 is 5.44. The highest BCUT2D eigenvalue weighted by Gasteiger charge is 2.29. The predicted molar refractivity (Wildman–Crippen MR) is 108 cm³/mol. The number of amides is 2. The van der Waals surface area contributed by atoms with Crippen molar-refractivity contribution in [3.63, 3.8) is 0 Å². The summed E-state index contributed by atoms with van der Waals surface area (Å²) in [6.45, 7) is 4.60. The highest BCUT2D eigenvalue weighted by atomic mass is 16.4. The smallest absolute Gasteiger partial charge is 0.322 e. The third-order valence-electron chi connectivity index (χ3n) is 5.10. The molecule has 0 radical (unpaired) electrons. The third-order valence-corrected chi connectivity index (χ3v) is 5.10. The van der Waals surface area contributed by atoms with Crippen LogP contribution in [-0.4, -0.2) is 33.7 Å². The molecule has 0 spiro atoms. The van der Waals surface area contributed by atoms with Gasteiger partial charge in [0.2, 0.25) is 11.8 Å². The summed E-state index contributed by atoms with van der Waals surface area (Å²) in [5, 5.41) is 10.9. The fourth-order valence-corrected chi connectivity index (χ4v) is 3.75. The lowest BCUT2D eigenvalue weighted by Gasteiger charge is -2.29. The quantitative estimate of drug-likeness (QED) is 0.714. The lowest BCUT2D eigenvalue weighted by Crippen LogP contribution is -2.43. The van der Waals surface area contributed by atoms with Gasteiger partial charge in [0, 0.05) is 30.8 Å². The SMILES string of the molecule is CCCN(C(=O)Nc1ccc(-c2nnc(C)o2)cc1)C1Cc2ccccc2C1. The summed E-state index contributed by atoms with van der Waals surface area (Å²) in [5.74, 6) is 1.01. The molecule has 28 heavy (non-hydrogen) atoms. The molecule has 3 aromatic rings. The molecule has 0 fully saturated rings. The van der Waals surface area contributed by atoms with E-state index in [9.17, 15) is 4.79 Å². The van der Waals surface area contributed by atoms with Crippen molar-refractivity contribution in [1.82, 2.24) is 15.1 Å². The predicted octanol–water partition coefficient (Wildman–Crippen LogP) is 4.46. The standard InChI is InChI=1S/C22H24N4O2/c1-3-12-26(20-13-17-6-4-5-7-18(17)14-20)22(27)23-19-10-8-16(9-11-19)21-25-24-15(2)28-21/h4-11,20H,3,12-14H2,1-2H3,(H,23,27). The van der Waals surface area contributed by atoms with Gasteiger partial charge in [-0.3, -0.25) is 0 Å². The summed E-state index contributed by atoms with van der Waals surface area (Å²) in [5.41, 5.74) is 4.28. The molecular formula is C22H24N4O2. The Morgan fingerprint density at radius 3 is 2.36 bits per heavy atom. The van der Waals surface area contributed by atoms with E-state index in [0.29, 0.717) is 11.8 Å². The Morgan fingerprint density at radius 1 is 1.11 bits per heavy atom. The summed E-state index contributed by atoms with van der Waals surface area (Å²) in [7, 11) is 0. The monoisotopic (exact) mass is 376 g/mol. The number of rotatable bonds is 5. The molecule has 0 bridgehead atoms. The van der Waals surface area contributed by atoms with Crippen LogP contribution < -0.4 is 5.32 Å². The van der Waals surface area contributed by atoms with Gasteiger partial charge in [0.1, 0.15) is 0 Å². The molecule has 0 aliphatic heterocycles.